The minimum atomic E-state index is -2.22. The monoisotopic (exact) mass is 828 g/mol. The van der Waals surface area contributed by atoms with Gasteiger partial charge in [-0.3, -0.25) is 14.5 Å². The Morgan fingerprint density at radius 2 is 1.68 bits per heavy atom. The first-order chi connectivity index (χ1) is 27.1. The number of fused-ring (bicyclic) bond motifs is 2. The molecule has 1 amide bonds. The Bertz CT molecular complexity index is 2230. The second-order valence-corrected chi connectivity index (χ2v) is 23.2. The van der Waals surface area contributed by atoms with Crippen molar-refractivity contribution in [1.29, 1.82) is 0 Å². The van der Waals surface area contributed by atoms with Crippen molar-refractivity contribution in [3.05, 3.63) is 114 Å². The molecule has 14 heteroatoms. The highest BCUT2D eigenvalue weighted by molar-refractivity contribution is 7.12. The number of aromatic nitrogens is 1. The number of nitrogens with one attached hydrogen (secondary N) is 2. The van der Waals surface area contributed by atoms with E-state index >= 15 is 0 Å². The molecule has 1 unspecified atom stereocenters. The lowest BCUT2D eigenvalue weighted by Gasteiger charge is -2.39. The van der Waals surface area contributed by atoms with E-state index in [1.165, 1.54) is 28.7 Å². The molecule has 2 aromatic carbocycles. The number of amides is 1. The standard InChI is InChI=1S/C43H52N4O7S2Si/c1-42(2,3)57(4,5)54-35(31-11-14-34(48)40-32(31)12-15-38(49)45-40)26-44-25-28-10-13-33-29(24-28)16-21-47(33)39(50)27-46-19-17-30(18-20-46)53-41(51)43(52,36-8-6-22-55-36)37-9-7-23-56-37/h6-15,22-24,30,35,44,48,52H,16-21,25-27H2,1-5H3,(H,45,49). The van der Waals surface area contributed by atoms with Gasteiger partial charge in [-0.25, -0.2) is 4.79 Å². The molecule has 0 bridgehead atoms. The Balaban J connectivity index is 0.947. The number of carbonyl (C=O) groups is 2. The number of aliphatic hydroxyl groups is 1. The zero-order chi connectivity index (χ0) is 40.5. The van der Waals surface area contributed by atoms with E-state index in [0.717, 1.165) is 34.2 Å². The van der Waals surface area contributed by atoms with Gasteiger partial charge >= 0.3 is 5.97 Å². The predicted molar refractivity (Wildman–Crippen MR) is 229 cm³/mol. The van der Waals surface area contributed by atoms with Crippen LogP contribution in [0, 0.1) is 0 Å². The quantitative estimate of drug-likeness (QED) is 0.0726. The Morgan fingerprint density at radius 1 is 0.982 bits per heavy atom. The predicted octanol–water partition coefficient (Wildman–Crippen LogP) is 7.04. The van der Waals surface area contributed by atoms with Crippen LogP contribution in [-0.4, -0.2) is 79.1 Å². The van der Waals surface area contributed by atoms with Gasteiger partial charge < -0.3 is 34.6 Å². The van der Waals surface area contributed by atoms with Crippen molar-refractivity contribution in [3.63, 3.8) is 0 Å². The highest BCUT2D eigenvalue weighted by Crippen LogP contribution is 2.42. The number of hydrogen-bond acceptors (Lipinski definition) is 11. The maximum Gasteiger partial charge on any atom is 0.349 e. The Hall–Kier alpha value is -4.15. The number of likely N-dealkylation sites (tertiary alicyclic amines) is 1. The number of aromatic amines is 1. The first kappa shape index (κ1) is 41.0. The fourth-order valence-corrected chi connectivity index (χ4v) is 10.4. The molecule has 0 aliphatic carbocycles. The molecule has 0 radical (unpaired) electrons. The summed E-state index contributed by atoms with van der Waals surface area (Å²) in [6, 6.07) is 20.1. The van der Waals surface area contributed by atoms with E-state index in [0.29, 0.717) is 60.8 Å². The number of benzene rings is 2. The van der Waals surface area contributed by atoms with Gasteiger partial charge in [-0.15, -0.1) is 22.7 Å². The van der Waals surface area contributed by atoms with Crippen LogP contribution in [0.3, 0.4) is 0 Å². The third-order valence-electron chi connectivity index (χ3n) is 11.7. The van der Waals surface area contributed by atoms with Crippen molar-refractivity contribution in [2.45, 2.75) is 82.5 Å². The Labute approximate surface area is 342 Å². The lowest BCUT2D eigenvalue weighted by molar-refractivity contribution is -0.169. The van der Waals surface area contributed by atoms with E-state index in [4.69, 9.17) is 9.16 Å². The van der Waals surface area contributed by atoms with E-state index in [2.05, 4.69) is 61.2 Å². The molecule has 2 aliphatic rings. The van der Waals surface area contributed by atoms with E-state index < -0.39 is 19.9 Å². The van der Waals surface area contributed by atoms with Crippen LogP contribution in [0.2, 0.25) is 18.1 Å². The molecule has 7 rings (SSSR count). The zero-order valence-corrected chi connectivity index (χ0v) is 35.8. The molecule has 302 valence electrons. The summed E-state index contributed by atoms with van der Waals surface area (Å²) >= 11 is 2.65. The number of pyridine rings is 1. The molecule has 5 heterocycles. The first-order valence-electron chi connectivity index (χ1n) is 19.5. The number of ether oxygens (including phenoxy) is 1. The summed E-state index contributed by atoms with van der Waals surface area (Å²) in [6.45, 7) is 14.3. The molecule has 0 saturated carbocycles. The number of phenolic OH excluding ortho intramolecular Hbond substituents is 1. The van der Waals surface area contributed by atoms with Crippen molar-refractivity contribution >= 4 is 59.5 Å². The number of phenols is 1. The maximum atomic E-state index is 13.6. The average molecular weight is 829 g/mol. The molecule has 57 heavy (non-hydrogen) atoms. The largest absolute Gasteiger partial charge is 0.506 e. The third kappa shape index (κ3) is 8.68. The highest BCUT2D eigenvalue weighted by atomic mass is 32.1. The summed E-state index contributed by atoms with van der Waals surface area (Å²) in [6.07, 6.45) is 1.29. The van der Waals surface area contributed by atoms with Crippen LogP contribution in [0.25, 0.3) is 10.9 Å². The van der Waals surface area contributed by atoms with Gasteiger partial charge in [0.2, 0.25) is 17.1 Å². The van der Waals surface area contributed by atoms with Crippen LogP contribution in [0.5, 0.6) is 5.75 Å². The molecule has 1 atom stereocenters. The summed E-state index contributed by atoms with van der Waals surface area (Å²) < 4.78 is 12.9. The van der Waals surface area contributed by atoms with Gasteiger partial charge in [0.1, 0.15) is 11.9 Å². The van der Waals surface area contributed by atoms with Crippen LogP contribution >= 0.6 is 22.7 Å². The average Bonchev–Trinajstić information content (AvgIpc) is 3.98. The number of carbonyl (C=O) groups excluding carboxylic acids is 2. The molecule has 4 N–H and O–H groups in total. The summed E-state index contributed by atoms with van der Waals surface area (Å²) in [4.78, 5) is 47.0. The summed E-state index contributed by atoms with van der Waals surface area (Å²) in [5.74, 6) is -0.587. The topological polar surface area (TPSA) is 144 Å². The van der Waals surface area contributed by atoms with E-state index in [1.54, 1.807) is 24.3 Å². The summed E-state index contributed by atoms with van der Waals surface area (Å²) in [5, 5.41) is 30.2. The number of H-pyrrole nitrogens is 1. The van der Waals surface area contributed by atoms with E-state index in [-0.39, 0.29) is 41.0 Å². The van der Waals surface area contributed by atoms with Crippen molar-refractivity contribution in [2.24, 2.45) is 0 Å². The molecule has 3 aromatic heterocycles. The normalized spacial score (nSPS) is 16.2. The van der Waals surface area contributed by atoms with Crippen LogP contribution in [0.15, 0.2) is 82.3 Å². The van der Waals surface area contributed by atoms with E-state index in [1.807, 2.05) is 39.9 Å². The first-order valence-corrected chi connectivity index (χ1v) is 24.2. The molecular formula is C43H52N4O7S2Si. The third-order valence-corrected chi connectivity index (χ3v) is 18.2. The second kappa shape index (κ2) is 16.6. The molecule has 1 fully saturated rings. The fraction of sp³-hybridized carbons (Fsp3) is 0.419. The van der Waals surface area contributed by atoms with Gasteiger partial charge in [0, 0.05) is 49.9 Å². The smallest absolute Gasteiger partial charge is 0.349 e. The number of hydrogen-bond donors (Lipinski definition) is 4. The maximum absolute atomic E-state index is 13.6. The van der Waals surface area contributed by atoms with Gasteiger partial charge in [-0.1, -0.05) is 51.1 Å². The molecule has 11 nitrogen and oxygen atoms in total. The van der Waals surface area contributed by atoms with E-state index in [9.17, 15) is 24.6 Å². The van der Waals surface area contributed by atoms with Gasteiger partial charge in [0.15, 0.2) is 8.32 Å². The van der Waals surface area contributed by atoms with Gasteiger partial charge in [0.25, 0.3) is 0 Å². The van der Waals surface area contributed by atoms with Crippen LogP contribution < -0.4 is 15.8 Å². The number of aromatic hydroxyl groups is 1. The Kier molecular flexibility index (Phi) is 12.0. The molecule has 0 spiro atoms. The minimum Gasteiger partial charge on any atom is -0.506 e. The molecular weight excluding hydrogens is 777 g/mol. The van der Waals surface area contributed by atoms with Crippen molar-refractivity contribution in [1.82, 2.24) is 15.2 Å². The van der Waals surface area contributed by atoms with Crippen molar-refractivity contribution in [2.75, 3.05) is 37.6 Å². The van der Waals surface area contributed by atoms with Crippen LogP contribution in [0.1, 0.15) is 66.2 Å². The van der Waals surface area contributed by atoms with Gasteiger partial charge in [0.05, 0.1) is 27.9 Å². The zero-order valence-electron chi connectivity index (χ0n) is 33.2. The number of piperidine rings is 1. The van der Waals surface area contributed by atoms with Gasteiger partial charge in [-0.05, 0) is 95.2 Å². The number of rotatable bonds is 13. The molecule has 2 aliphatic heterocycles. The van der Waals surface area contributed by atoms with Crippen LogP contribution in [0.4, 0.5) is 5.69 Å². The minimum absolute atomic E-state index is 0.0219. The highest BCUT2D eigenvalue weighted by Gasteiger charge is 2.45. The summed E-state index contributed by atoms with van der Waals surface area (Å²) in [5.41, 5.74) is 2.39. The lowest BCUT2D eigenvalue weighted by atomic mass is 9.99. The number of thiophene rings is 2. The Morgan fingerprint density at radius 3 is 2.33 bits per heavy atom. The van der Waals surface area contributed by atoms with Gasteiger partial charge in [-0.2, -0.15) is 0 Å². The summed E-state index contributed by atoms with van der Waals surface area (Å²) in [7, 11) is -2.22. The fourth-order valence-electron chi connectivity index (χ4n) is 7.45. The van der Waals surface area contributed by atoms with Crippen LogP contribution in [-0.2, 0) is 37.3 Å². The number of nitrogens with zero attached hydrogens (tertiary/aromatic N) is 2. The number of esters is 1. The van der Waals surface area contributed by atoms with Crippen molar-refractivity contribution < 1.29 is 29.0 Å². The van der Waals surface area contributed by atoms with Crippen molar-refractivity contribution in [3.8, 4) is 5.75 Å². The molecule has 1 saturated heterocycles. The molecule has 5 aromatic rings. The number of anilines is 1. The lowest BCUT2D eigenvalue weighted by Crippen LogP contribution is -2.46. The SMILES string of the molecule is CC(C)(C)[Si](C)(C)OC(CNCc1ccc2c(c1)CCN2C(=O)CN1CCC(OC(=O)C(O)(c2cccs2)c2cccs2)CC1)c1ccc(O)c2[nH]c(=O)ccc12. The second-order valence-electron chi connectivity index (χ2n) is 16.6.